The number of likely N-dealkylation sites (N-methyl/N-ethyl adjacent to an activating group) is 1. The van der Waals surface area contributed by atoms with Crippen LogP contribution in [0.25, 0.3) is 0 Å². The highest BCUT2D eigenvalue weighted by atomic mass is 16.2. The molecule has 0 bridgehead atoms. The molecule has 0 saturated carbocycles. The summed E-state index contributed by atoms with van der Waals surface area (Å²) in [5, 5.41) is 2.47. The third-order valence-electron chi connectivity index (χ3n) is 1.17. The van der Waals surface area contributed by atoms with E-state index < -0.39 is 0 Å². The van der Waals surface area contributed by atoms with Crippen LogP contribution < -0.4 is 11.1 Å². The molecule has 0 radical (unpaired) electrons. The van der Waals surface area contributed by atoms with Crippen molar-refractivity contribution in [2.24, 2.45) is 5.73 Å². The van der Waals surface area contributed by atoms with Crippen LogP contribution in [0.1, 0.15) is 6.92 Å². The Hall–Kier alpha value is -1.10. The fraction of sp³-hybridized carbons (Fsp3) is 0.667. The molecule has 0 unspecified atom stereocenters. The summed E-state index contributed by atoms with van der Waals surface area (Å²) in [5.74, 6) is -0.361. The molecule has 5 nitrogen and oxygen atoms in total. The zero-order valence-corrected chi connectivity index (χ0v) is 6.76. The largest absolute Gasteiger partial charge is 0.339 e. The van der Waals surface area contributed by atoms with Crippen LogP contribution in [-0.4, -0.2) is 37.0 Å². The van der Waals surface area contributed by atoms with E-state index in [4.69, 9.17) is 5.73 Å². The van der Waals surface area contributed by atoms with Gasteiger partial charge in [0.15, 0.2) is 0 Å². The van der Waals surface area contributed by atoms with E-state index in [0.717, 1.165) is 0 Å². The number of carbonyl (C=O) groups excluding carboxylic acids is 2. The molecule has 0 aliphatic rings. The zero-order chi connectivity index (χ0) is 8.85. The summed E-state index contributed by atoms with van der Waals surface area (Å²) < 4.78 is 0. The number of amides is 2. The summed E-state index contributed by atoms with van der Waals surface area (Å²) in [5.41, 5.74) is 5.08. The molecule has 5 heteroatoms. The van der Waals surface area contributed by atoms with Crippen LogP contribution in [-0.2, 0) is 9.59 Å². The third kappa shape index (κ3) is 4.32. The first kappa shape index (κ1) is 9.90. The number of hydrogen-bond donors (Lipinski definition) is 2. The van der Waals surface area contributed by atoms with Gasteiger partial charge in [0.25, 0.3) is 0 Å². The number of hydrogen-bond acceptors (Lipinski definition) is 3. The SMILES string of the molecule is CC(=O)NCN(C)C(=O)CN. The molecule has 11 heavy (non-hydrogen) atoms. The molecule has 0 fully saturated rings. The lowest BCUT2D eigenvalue weighted by Gasteiger charge is -2.15. The molecule has 0 aromatic rings. The van der Waals surface area contributed by atoms with Crippen molar-refractivity contribution >= 4 is 11.8 Å². The molecule has 0 aliphatic heterocycles. The predicted molar refractivity (Wildman–Crippen MR) is 40.5 cm³/mol. The van der Waals surface area contributed by atoms with Crippen LogP contribution in [0.4, 0.5) is 0 Å². The van der Waals surface area contributed by atoms with Crippen LogP contribution in [0.2, 0.25) is 0 Å². The Kier molecular flexibility index (Phi) is 4.21. The molecule has 0 rings (SSSR count). The van der Waals surface area contributed by atoms with Gasteiger partial charge in [-0.2, -0.15) is 0 Å². The molecule has 64 valence electrons. The predicted octanol–water partition coefficient (Wildman–Crippen LogP) is -1.50. The van der Waals surface area contributed by atoms with E-state index in [0.29, 0.717) is 0 Å². The number of nitrogens with zero attached hydrogens (tertiary/aromatic N) is 1. The van der Waals surface area contributed by atoms with Crippen molar-refractivity contribution in [1.29, 1.82) is 0 Å². The van der Waals surface area contributed by atoms with Crippen LogP contribution in [0.3, 0.4) is 0 Å². The van der Waals surface area contributed by atoms with Gasteiger partial charge in [-0.3, -0.25) is 9.59 Å². The molecule has 0 aromatic heterocycles. The monoisotopic (exact) mass is 159 g/mol. The first-order valence-electron chi connectivity index (χ1n) is 3.26. The second-order valence-corrected chi connectivity index (χ2v) is 2.19. The summed E-state index contributed by atoms with van der Waals surface area (Å²) in [6.45, 7) is 1.57. The number of rotatable bonds is 3. The van der Waals surface area contributed by atoms with Crippen molar-refractivity contribution in [2.45, 2.75) is 6.92 Å². The van der Waals surface area contributed by atoms with E-state index in [1.807, 2.05) is 0 Å². The maximum Gasteiger partial charge on any atom is 0.237 e. The van der Waals surface area contributed by atoms with Crippen molar-refractivity contribution < 1.29 is 9.59 Å². The Balaban J connectivity index is 3.60. The Labute approximate surface area is 65.5 Å². The number of carbonyl (C=O) groups is 2. The molecular formula is C6H13N3O2. The molecule has 0 aliphatic carbocycles. The fourth-order valence-corrected chi connectivity index (χ4v) is 0.474. The van der Waals surface area contributed by atoms with E-state index >= 15 is 0 Å². The zero-order valence-electron chi connectivity index (χ0n) is 6.76. The van der Waals surface area contributed by atoms with Gasteiger partial charge in [-0.25, -0.2) is 0 Å². The van der Waals surface area contributed by atoms with Gasteiger partial charge in [-0.15, -0.1) is 0 Å². The van der Waals surface area contributed by atoms with E-state index in [9.17, 15) is 9.59 Å². The van der Waals surface area contributed by atoms with Crippen LogP contribution >= 0.6 is 0 Å². The van der Waals surface area contributed by atoms with Crippen molar-refractivity contribution in [2.75, 3.05) is 20.3 Å². The average Bonchev–Trinajstić information content (AvgIpc) is 1.98. The minimum atomic E-state index is -0.196. The fourth-order valence-electron chi connectivity index (χ4n) is 0.474. The maximum atomic E-state index is 10.8. The summed E-state index contributed by atoms with van der Waals surface area (Å²) >= 11 is 0. The van der Waals surface area contributed by atoms with Crippen LogP contribution in [0.5, 0.6) is 0 Å². The highest BCUT2D eigenvalue weighted by Crippen LogP contribution is 1.78. The van der Waals surface area contributed by atoms with Gasteiger partial charge < -0.3 is 16.0 Å². The minimum absolute atomic E-state index is 0.0317. The molecule has 0 saturated heterocycles. The minimum Gasteiger partial charge on any atom is -0.339 e. The molecule has 2 amide bonds. The van der Waals surface area contributed by atoms with Gasteiger partial charge in [0.2, 0.25) is 11.8 Å². The quantitative estimate of drug-likeness (QED) is 0.492. The summed E-state index contributed by atoms with van der Waals surface area (Å²) in [4.78, 5) is 22.5. The lowest BCUT2D eigenvalue weighted by Crippen LogP contribution is -2.40. The van der Waals surface area contributed by atoms with Crippen molar-refractivity contribution in [3.8, 4) is 0 Å². The Morgan fingerprint density at radius 2 is 2.09 bits per heavy atom. The molecule has 0 heterocycles. The molecular weight excluding hydrogens is 146 g/mol. The molecule has 0 spiro atoms. The normalized spacial score (nSPS) is 9.00. The third-order valence-corrected chi connectivity index (χ3v) is 1.17. The first-order chi connectivity index (χ1) is 5.07. The van der Waals surface area contributed by atoms with E-state index in [1.54, 1.807) is 7.05 Å². The standard InChI is InChI=1S/C6H13N3O2/c1-5(10)8-4-9(2)6(11)3-7/h3-4,7H2,1-2H3,(H,8,10). The first-order valence-corrected chi connectivity index (χ1v) is 3.26. The average molecular weight is 159 g/mol. The lowest BCUT2D eigenvalue weighted by atomic mass is 10.5. The molecule has 0 atom stereocenters. The maximum absolute atomic E-state index is 10.8. The van der Waals surface area contributed by atoms with Crippen LogP contribution in [0.15, 0.2) is 0 Å². The van der Waals surface area contributed by atoms with Gasteiger partial charge in [0.1, 0.15) is 0 Å². The Morgan fingerprint density at radius 1 is 1.55 bits per heavy atom. The van der Waals surface area contributed by atoms with E-state index in [2.05, 4.69) is 5.32 Å². The number of nitrogens with one attached hydrogen (secondary N) is 1. The van der Waals surface area contributed by atoms with Gasteiger partial charge >= 0.3 is 0 Å². The Morgan fingerprint density at radius 3 is 2.45 bits per heavy atom. The van der Waals surface area contributed by atoms with Crippen molar-refractivity contribution in [1.82, 2.24) is 10.2 Å². The second-order valence-electron chi connectivity index (χ2n) is 2.19. The van der Waals surface area contributed by atoms with Crippen LogP contribution in [0, 0.1) is 0 Å². The van der Waals surface area contributed by atoms with Gasteiger partial charge in [0, 0.05) is 14.0 Å². The highest BCUT2D eigenvalue weighted by Gasteiger charge is 2.04. The summed E-state index contributed by atoms with van der Waals surface area (Å²) in [6, 6.07) is 0. The second kappa shape index (κ2) is 4.68. The molecule has 0 aromatic carbocycles. The number of nitrogens with two attached hydrogens (primary N) is 1. The smallest absolute Gasteiger partial charge is 0.237 e. The Bertz CT molecular complexity index is 158. The van der Waals surface area contributed by atoms with Crippen molar-refractivity contribution in [3.63, 3.8) is 0 Å². The topological polar surface area (TPSA) is 75.4 Å². The lowest BCUT2D eigenvalue weighted by molar-refractivity contribution is -0.129. The van der Waals surface area contributed by atoms with Gasteiger partial charge in [-0.1, -0.05) is 0 Å². The van der Waals surface area contributed by atoms with Gasteiger partial charge in [-0.05, 0) is 0 Å². The highest BCUT2D eigenvalue weighted by molar-refractivity contribution is 5.78. The van der Waals surface area contributed by atoms with E-state index in [1.165, 1.54) is 11.8 Å². The summed E-state index contributed by atoms with van der Waals surface area (Å²) in [6.07, 6.45) is 0. The van der Waals surface area contributed by atoms with Gasteiger partial charge in [0.05, 0.1) is 13.2 Å². The van der Waals surface area contributed by atoms with E-state index in [-0.39, 0.29) is 25.0 Å². The summed E-state index contributed by atoms with van der Waals surface area (Å²) in [7, 11) is 1.57. The van der Waals surface area contributed by atoms with Crippen molar-refractivity contribution in [3.05, 3.63) is 0 Å². The molecule has 3 N–H and O–H groups in total.